The number of anilines is 1. The first-order chi connectivity index (χ1) is 11.9. The van der Waals surface area contributed by atoms with Crippen molar-refractivity contribution in [2.45, 2.75) is 19.9 Å². The molecule has 0 fully saturated rings. The smallest absolute Gasteiger partial charge is 0.174 e. The number of aromatic nitrogens is 1. The van der Waals surface area contributed by atoms with Gasteiger partial charge in [-0.15, -0.1) is 0 Å². The molecule has 0 saturated carbocycles. The van der Waals surface area contributed by atoms with Gasteiger partial charge >= 0.3 is 0 Å². The van der Waals surface area contributed by atoms with Gasteiger partial charge in [0.05, 0.1) is 33.2 Å². The Balaban J connectivity index is 2.18. The van der Waals surface area contributed by atoms with Gasteiger partial charge in [0.2, 0.25) is 0 Å². The number of hydrogen-bond donors (Lipinski definition) is 2. The van der Waals surface area contributed by atoms with E-state index in [-0.39, 0.29) is 6.04 Å². The van der Waals surface area contributed by atoms with E-state index < -0.39 is 0 Å². The van der Waals surface area contributed by atoms with E-state index in [1.54, 1.807) is 0 Å². The Labute approximate surface area is 160 Å². The van der Waals surface area contributed by atoms with E-state index in [9.17, 15) is 0 Å². The van der Waals surface area contributed by atoms with Crippen LogP contribution in [0.4, 0.5) is 5.69 Å². The molecule has 2 N–H and O–H groups in total. The highest BCUT2D eigenvalue weighted by Crippen LogP contribution is 2.23. The van der Waals surface area contributed by atoms with Gasteiger partial charge < -0.3 is 15.1 Å². The van der Waals surface area contributed by atoms with Crippen LogP contribution in [0.2, 0.25) is 5.02 Å². The zero-order valence-corrected chi connectivity index (χ0v) is 16.8. The normalized spacial score (nSPS) is 12.1. The van der Waals surface area contributed by atoms with Gasteiger partial charge in [-0.2, -0.15) is 0 Å². The van der Waals surface area contributed by atoms with Crippen LogP contribution in [0.1, 0.15) is 24.1 Å². The van der Waals surface area contributed by atoms with Crippen LogP contribution in [0.15, 0.2) is 42.7 Å². The Hall–Kier alpha value is -1.69. The SMILES string of the molecule is Cc1cc(NC(=S)N(CC[NH+](C)C)C(C)c2ccncc2)ccc1Cl. The summed E-state index contributed by atoms with van der Waals surface area (Å²) in [4.78, 5) is 7.72. The lowest BCUT2D eigenvalue weighted by molar-refractivity contribution is -0.857. The average molecular weight is 378 g/mol. The number of benzene rings is 1. The Kier molecular flexibility index (Phi) is 7.17. The number of nitrogens with one attached hydrogen (secondary N) is 2. The lowest BCUT2D eigenvalue weighted by atomic mass is 10.1. The molecule has 1 atom stereocenters. The molecule has 4 nitrogen and oxygen atoms in total. The molecule has 0 bridgehead atoms. The molecular weight excluding hydrogens is 352 g/mol. The minimum absolute atomic E-state index is 0.163. The monoisotopic (exact) mass is 377 g/mol. The molecule has 1 heterocycles. The minimum Gasteiger partial charge on any atom is -0.338 e. The second kappa shape index (κ2) is 9.13. The van der Waals surface area contributed by atoms with E-state index in [4.69, 9.17) is 23.8 Å². The molecule has 0 aliphatic carbocycles. The summed E-state index contributed by atoms with van der Waals surface area (Å²) in [7, 11) is 4.29. The third-order valence-corrected chi connectivity index (χ3v) is 4.94. The molecule has 0 aliphatic rings. The molecule has 0 saturated heterocycles. The van der Waals surface area contributed by atoms with Gasteiger partial charge in [-0.1, -0.05) is 11.6 Å². The first-order valence-electron chi connectivity index (χ1n) is 8.41. The fraction of sp³-hybridized carbons (Fsp3) is 0.368. The summed E-state index contributed by atoms with van der Waals surface area (Å²) in [6, 6.07) is 10.1. The van der Waals surface area contributed by atoms with Crippen LogP contribution in [0.5, 0.6) is 0 Å². The molecule has 0 aliphatic heterocycles. The number of halogens is 1. The van der Waals surface area contributed by atoms with Gasteiger partial charge in [0, 0.05) is 23.1 Å². The Morgan fingerprint density at radius 1 is 1.28 bits per heavy atom. The summed E-state index contributed by atoms with van der Waals surface area (Å²) in [6.07, 6.45) is 3.64. The molecule has 134 valence electrons. The maximum Gasteiger partial charge on any atom is 0.174 e. The maximum absolute atomic E-state index is 6.12. The quantitative estimate of drug-likeness (QED) is 0.758. The van der Waals surface area contributed by atoms with Gasteiger partial charge in [0.15, 0.2) is 5.11 Å². The van der Waals surface area contributed by atoms with Crippen LogP contribution in [-0.2, 0) is 0 Å². The molecule has 1 unspecified atom stereocenters. The van der Waals surface area contributed by atoms with Crippen molar-refractivity contribution >= 4 is 34.6 Å². The third-order valence-electron chi connectivity index (χ3n) is 4.18. The number of pyridine rings is 1. The van der Waals surface area contributed by atoms with Crippen LogP contribution in [0.25, 0.3) is 0 Å². The van der Waals surface area contributed by atoms with Crippen LogP contribution in [0, 0.1) is 6.92 Å². The van der Waals surface area contributed by atoms with Crippen molar-refractivity contribution in [2.75, 3.05) is 32.5 Å². The van der Waals surface area contributed by atoms with Crippen molar-refractivity contribution in [1.29, 1.82) is 0 Å². The lowest BCUT2D eigenvalue weighted by Crippen LogP contribution is -3.06. The minimum atomic E-state index is 0.163. The van der Waals surface area contributed by atoms with Crippen LogP contribution >= 0.6 is 23.8 Å². The molecule has 25 heavy (non-hydrogen) atoms. The fourth-order valence-corrected chi connectivity index (χ4v) is 3.04. The van der Waals surface area contributed by atoms with Crippen molar-refractivity contribution in [1.82, 2.24) is 9.88 Å². The van der Waals surface area contributed by atoms with Crippen molar-refractivity contribution in [3.8, 4) is 0 Å². The van der Waals surface area contributed by atoms with Gasteiger partial charge in [-0.3, -0.25) is 4.98 Å². The molecule has 2 rings (SSSR count). The van der Waals surface area contributed by atoms with E-state index in [0.717, 1.165) is 29.4 Å². The number of likely N-dealkylation sites (N-methyl/N-ethyl adjacent to an activating group) is 1. The second-order valence-electron chi connectivity index (χ2n) is 6.50. The topological polar surface area (TPSA) is 32.6 Å². The first-order valence-corrected chi connectivity index (χ1v) is 9.20. The number of nitrogens with zero attached hydrogens (tertiary/aromatic N) is 2. The standard InChI is InChI=1S/C19H25ClN4S/c1-14-13-17(5-6-18(14)20)22-19(25)24(12-11-23(3)4)15(2)16-7-9-21-10-8-16/h5-10,13,15H,11-12H2,1-4H3,(H,22,25)/p+1. The molecule has 1 aromatic carbocycles. The van der Waals surface area contributed by atoms with Crippen molar-refractivity contribution in [3.63, 3.8) is 0 Å². The van der Waals surface area contributed by atoms with Gasteiger partial charge in [0.1, 0.15) is 0 Å². The largest absolute Gasteiger partial charge is 0.338 e. The Morgan fingerprint density at radius 3 is 2.56 bits per heavy atom. The third kappa shape index (κ3) is 5.66. The van der Waals surface area contributed by atoms with Crippen molar-refractivity contribution in [2.24, 2.45) is 0 Å². The zero-order chi connectivity index (χ0) is 18.4. The highest BCUT2D eigenvalue weighted by molar-refractivity contribution is 7.80. The highest BCUT2D eigenvalue weighted by Gasteiger charge is 2.20. The predicted octanol–water partition coefficient (Wildman–Crippen LogP) is 2.95. The lowest BCUT2D eigenvalue weighted by Gasteiger charge is -2.32. The first kappa shape index (κ1) is 19.6. The van der Waals surface area contributed by atoms with Crippen LogP contribution < -0.4 is 10.2 Å². The fourth-order valence-electron chi connectivity index (χ4n) is 2.55. The summed E-state index contributed by atoms with van der Waals surface area (Å²) in [5, 5.41) is 4.83. The van der Waals surface area contributed by atoms with E-state index >= 15 is 0 Å². The summed E-state index contributed by atoms with van der Waals surface area (Å²) < 4.78 is 0. The highest BCUT2D eigenvalue weighted by atomic mass is 35.5. The predicted molar refractivity (Wildman–Crippen MR) is 109 cm³/mol. The molecule has 0 radical (unpaired) electrons. The molecule has 1 aromatic heterocycles. The second-order valence-corrected chi connectivity index (χ2v) is 7.30. The Bertz CT molecular complexity index is 706. The van der Waals surface area contributed by atoms with E-state index in [0.29, 0.717) is 5.11 Å². The molecular formula is C19H26ClN4S+. The van der Waals surface area contributed by atoms with Gasteiger partial charge in [-0.05, 0) is 67.5 Å². The van der Waals surface area contributed by atoms with E-state index in [1.165, 1.54) is 10.5 Å². The van der Waals surface area contributed by atoms with Gasteiger partial charge in [-0.25, -0.2) is 0 Å². The summed E-state index contributed by atoms with van der Waals surface area (Å²) in [5.41, 5.74) is 3.18. The van der Waals surface area contributed by atoms with Gasteiger partial charge in [0.25, 0.3) is 0 Å². The van der Waals surface area contributed by atoms with Crippen LogP contribution in [0.3, 0.4) is 0 Å². The maximum atomic E-state index is 6.12. The zero-order valence-electron chi connectivity index (χ0n) is 15.2. The molecule has 0 spiro atoms. The van der Waals surface area contributed by atoms with E-state index in [1.807, 2.05) is 49.6 Å². The summed E-state index contributed by atoms with van der Waals surface area (Å²) in [6.45, 7) is 6.02. The number of quaternary nitrogens is 1. The molecule has 6 heteroatoms. The number of aryl methyl sites for hydroxylation is 1. The molecule has 0 amide bonds. The summed E-state index contributed by atoms with van der Waals surface area (Å²) >= 11 is 11.8. The average Bonchev–Trinajstić information content (AvgIpc) is 2.58. The summed E-state index contributed by atoms with van der Waals surface area (Å²) in [5.74, 6) is 0. The molecule has 2 aromatic rings. The van der Waals surface area contributed by atoms with Crippen molar-refractivity contribution < 1.29 is 4.90 Å². The van der Waals surface area contributed by atoms with Crippen molar-refractivity contribution in [3.05, 3.63) is 58.9 Å². The number of thiocarbonyl (C=S) groups is 1. The number of rotatable bonds is 6. The van der Waals surface area contributed by atoms with Crippen LogP contribution in [-0.4, -0.2) is 42.2 Å². The Morgan fingerprint density at radius 2 is 1.96 bits per heavy atom. The number of hydrogen-bond acceptors (Lipinski definition) is 2. The van der Waals surface area contributed by atoms with E-state index in [2.05, 4.69) is 36.2 Å².